The molecule has 0 unspecified atom stereocenters. The quantitative estimate of drug-likeness (QED) is 0.657. The molecule has 1 aromatic heterocycles. The Bertz CT molecular complexity index is 554. The van der Waals surface area contributed by atoms with E-state index < -0.39 is 0 Å². The number of Topliss-reactive ketones (excluding diaryl/α,β-unsaturated/α-hetero) is 1. The third kappa shape index (κ3) is 5.41. The van der Waals surface area contributed by atoms with Gasteiger partial charge in [0, 0.05) is 37.5 Å². The predicted octanol–water partition coefficient (Wildman–Crippen LogP) is 3.96. The van der Waals surface area contributed by atoms with Gasteiger partial charge in [-0.05, 0) is 30.7 Å². The fraction of sp³-hybridized carbons (Fsp3) is 0.368. The van der Waals surface area contributed by atoms with E-state index in [1.54, 1.807) is 12.4 Å². The lowest BCUT2D eigenvalue weighted by atomic mass is 10.1. The maximum Gasteiger partial charge on any atom is 0.165 e. The number of nitrogens with zero attached hydrogens (tertiary/aromatic N) is 2. The number of hydrogen-bond acceptors (Lipinski definition) is 3. The van der Waals surface area contributed by atoms with Crippen molar-refractivity contribution in [3.8, 4) is 0 Å². The van der Waals surface area contributed by atoms with Crippen LogP contribution in [0.25, 0.3) is 0 Å². The van der Waals surface area contributed by atoms with Crippen LogP contribution >= 0.6 is 0 Å². The van der Waals surface area contributed by atoms with Crippen LogP contribution < -0.4 is 0 Å². The number of benzene rings is 1. The highest BCUT2D eigenvalue weighted by molar-refractivity contribution is 5.95. The van der Waals surface area contributed by atoms with Gasteiger partial charge in [0.1, 0.15) is 0 Å². The molecule has 0 fully saturated rings. The molecule has 3 heteroatoms. The first-order valence-corrected chi connectivity index (χ1v) is 7.99. The summed E-state index contributed by atoms with van der Waals surface area (Å²) in [5.41, 5.74) is 2.00. The van der Waals surface area contributed by atoms with E-state index in [9.17, 15) is 4.79 Å². The number of aromatic nitrogens is 1. The second-order valence-corrected chi connectivity index (χ2v) is 5.53. The average Bonchev–Trinajstić information content (AvgIpc) is 2.58. The number of pyridine rings is 1. The molecule has 3 nitrogen and oxygen atoms in total. The van der Waals surface area contributed by atoms with Crippen LogP contribution in [-0.4, -0.2) is 28.8 Å². The second kappa shape index (κ2) is 9.11. The summed E-state index contributed by atoms with van der Waals surface area (Å²) in [5, 5.41) is 0. The van der Waals surface area contributed by atoms with Crippen molar-refractivity contribution < 1.29 is 4.79 Å². The van der Waals surface area contributed by atoms with Crippen molar-refractivity contribution in [1.29, 1.82) is 0 Å². The van der Waals surface area contributed by atoms with Crippen molar-refractivity contribution in [2.45, 2.75) is 32.7 Å². The second-order valence-electron chi connectivity index (χ2n) is 5.53. The van der Waals surface area contributed by atoms with Crippen LogP contribution in [0.1, 0.15) is 42.1 Å². The third-order valence-electron chi connectivity index (χ3n) is 3.72. The molecule has 1 aromatic carbocycles. The van der Waals surface area contributed by atoms with Gasteiger partial charge in [0.2, 0.25) is 0 Å². The van der Waals surface area contributed by atoms with Crippen LogP contribution in [0.2, 0.25) is 0 Å². The summed E-state index contributed by atoms with van der Waals surface area (Å²) in [7, 11) is 0. The molecule has 0 aliphatic rings. The number of hydrogen-bond donors (Lipinski definition) is 0. The number of carbonyl (C=O) groups excluding carboxylic acids is 1. The highest BCUT2D eigenvalue weighted by Gasteiger charge is 2.10. The molecule has 0 N–H and O–H groups in total. The molecular formula is C19H24N2O. The molecule has 116 valence electrons. The van der Waals surface area contributed by atoms with Gasteiger partial charge in [-0.15, -0.1) is 0 Å². The van der Waals surface area contributed by atoms with Gasteiger partial charge < -0.3 is 0 Å². The molecule has 0 bridgehead atoms. The average molecular weight is 296 g/mol. The Hall–Kier alpha value is -2.00. The first-order valence-electron chi connectivity index (χ1n) is 7.99. The molecular weight excluding hydrogens is 272 g/mol. The van der Waals surface area contributed by atoms with Crippen LogP contribution in [0, 0.1) is 0 Å². The molecule has 0 atom stereocenters. The molecule has 2 aromatic rings. The number of carbonyl (C=O) groups is 1. The zero-order chi connectivity index (χ0) is 15.6. The summed E-state index contributed by atoms with van der Waals surface area (Å²) < 4.78 is 0. The molecule has 22 heavy (non-hydrogen) atoms. The van der Waals surface area contributed by atoms with Crippen LogP contribution in [0.4, 0.5) is 0 Å². The molecule has 0 saturated heterocycles. The minimum Gasteiger partial charge on any atom is -0.299 e. The molecule has 0 saturated carbocycles. The van der Waals surface area contributed by atoms with Gasteiger partial charge in [-0.1, -0.05) is 43.7 Å². The van der Waals surface area contributed by atoms with E-state index in [-0.39, 0.29) is 5.78 Å². The van der Waals surface area contributed by atoms with Gasteiger partial charge in [-0.2, -0.15) is 0 Å². The number of ketones is 1. The molecule has 0 radical (unpaired) electrons. The first kappa shape index (κ1) is 16.4. The van der Waals surface area contributed by atoms with Crippen LogP contribution in [0.3, 0.4) is 0 Å². The first-order chi connectivity index (χ1) is 10.8. The lowest BCUT2D eigenvalue weighted by Crippen LogP contribution is -2.27. The van der Waals surface area contributed by atoms with Crippen LogP contribution in [0.15, 0.2) is 54.9 Å². The Balaban J connectivity index is 1.90. The van der Waals surface area contributed by atoms with Crippen molar-refractivity contribution in [2.75, 3.05) is 13.1 Å². The normalized spacial score (nSPS) is 10.8. The molecule has 2 rings (SSSR count). The van der Waals surface area contributed by atoms with Gasteiger partial charge in [0.25, 0.3) is 0 Å². The molecule has 0 amide bonds. The summed E-state index contributed by atoms with van der Waals surface area (Å²) >= 11 is 0. The van der Waals surface area contributed by atoms with E-state index in [0.717, 1.165) is 26.1 Å². The molecule has 1 heterocycles. The fourth-order valence-electron chi connectivity index (χ4n) is 2.42. The van der Waals surface area contributed by atoms with Gasteiger partial charge in [-0.25, -0.2) is 0 Å². The highest BCUT2D eigenvalue weighted by Crippen LogP contribution is 2.09. The van der Waals surface area contributed by atoms with Gasteiger partial charge in [0.15, 0.2) is 5.78 Å². The van der Waals surface area contributed by atoms with Crippen LogP contribution in [0.5, 0.6) is 0 Å². The maximum atomic E-state index is 12.2. The summed E-state index contributed by atoms with van der Waals surface area (Å²) in [6.07, 6.45) is 6.22. The summed E-state index contributed by atoms with van der Waals surface area (Å²) in [5.74, 6) is 0.169. The monoisotopic (exact) mass is 296 g/mol. The van der Waals surface area contributed by atoms with Gasteiger partial charge >= 0.3 is 0 Å². The minimum absolute atomic E-state index is 0.169. The highest BCUT2D eigenvalue weighted by atomic mass is 16.1. The largest absolute Gasteiger partial charge is 0.299 e. The number of unbranched alkanes of at least 4 members (excludes halogenated alkanes) is 1. The van der Waals surface area contributed by atoms with Crippen molar-refractivity contribution in [1.82, 2.24) is 9.88 Å². The van der Waals surface area contributed by atoms with Crippen molar-refractivity contribution in [2.24, 2.45) is 0 Å². The Morgan fingerprint density at radius 1 is 1.09 bits per heavy atom. The van der Waals surface area contributed by atoms with E-state index in [1.807, 2.05) is 18.2 Å². The van der Waals surface area contributed by atoms with E-state index >= 15 is 0 Å². The van der Waals surface area contributed by atoms with Crippen molar-refractivity contribution >= 4 is 5.78 Å². The van der Waals surface area contributed by atoms with E-state index in [4.69, 9.17) is 0 Å². The standard InChI is InChI=1S/C19H24N2O/c1-2-3-13-21(16-17-8-5-4-6-9-17)14-11-19(22)18-10-7-12-20-15-18/h4-10,12,15H,2-3,11,13-14,16H2,1H3. The Kier molecular flexibility index (Phi) is 6.78. The molecule has 0 aliphatic heterocycles. The molecule has 0 aliphatic carbocycles. The Labute approximate surface area is 133 Å². The van der Waals surface area contributed by atoms with Crippen molar-refractivity contribution in [3.05, 3.63) is 66.0 Å². The SMILES string of the molecule is CCCCN(CCC(=O)c1cccnc1)Cc1ccccc1. The lowest BCUT2D eigenvalue weighted by molar-refractivity contribution is 0.0961. The summed E-state index contributed by atoms with van der Waals surface area (Å²) in [6, 6.07) is 14.1. The summed E-state index contributed by atoms with van der Waals surface area (Å²) in [4.78, 5) is 18.6. The smallest absolute Gasteiger partial charge is 0.165 e. The van der Waals surface area contributed by atoms with Gasteiger partial charge in [-0.3, -0.25) is 14.7 Å². The predicted molar refractivity (Wildman–Crippen MR) is 89.8 cm³/mol. The maximum absolute atomic E-state index is 12.2. The Morgan fingerprint density at radius 3 is 2.59 bits per heavy atom. The fourth-order valence-corrected chi connectivity index (χ4v) is 2.42. The van der Waals surface area contributed by atoms with E-state index in [1.165, 1.54) is 12.0 Å². The number of rotatable bonds is 9. The van der Waals surface area contributed by atoms with Crippen molar-refractivity contribution in [3.63, 3.8) is 0 Å². The van der Waals surface area contributed by atoms with Crippen LogP contribution in [-0.2, 0) is 6.54 Å². The molecule has 0 spiro atoms. The van der Waals surface area contributed by atoms with E-state index in [2.05, 4.69) is 41.1 Å². The van der Waals surface area contributed by atoms with Gasteiger partial charge in [0.05, 0.1) is 0 Å². The third-order valence-corrected chi connectivity index (χ3v) is 3.72. The zero-order valence-electron chi connectivity index (χ0n) is 13.2. The zero-order valence-corrected chi connectivity index (χ0v) is 13.2. The topological polar surface area (TPSA) is 33.2 Å². The Morgan fingerprint density at radius 2 is 1.91 bits per heavy atom. The lowest BCUT2D eigenvalue weighted by Gasteiger charge is -2.22. The minimum atomic E-state index is 0.169. The van der Waals surface area contributed by atoms with E-state index in [0.29, 0.717) is 12.0 Å². The summed E-state index contributed by atoms with van der Waals surface area (Å²) in [6.45, 7) is 4.93.